The molecule has 1 N–H and O–H groups in total. The molecule has 0 bridgehead atoms. The minimum atomic E-state index is 0.692. The van der Waals surface area contributed by atoms with Crippen molar-refractivity contribution in [2.75, 3.05) is 25.5 Å². The largest absolute Gasteiger partial charge is 0.354 e. The highest BCUT2D eigenvalue weighted by atomic mass is 15.2. The second-order valence-electron chi connectivity index (χ2n) is 5.66. The molecule has 0 aromatic carbocycles. The van der Waals surface area contributed by atoms with Crippen LogP contribution in [0.15, 0.2) is 24.7 Å². The summed E-state index contributed by atoms with van der Waals surface area (Å²) in [7, 11) is 4.11. The maximum absolute atomic E-state index is 4.55. The summed E-state index contributed by atoms with van der Waals surface area (Å²) in [5, 5.41) is 7.51. The van der Waals surface area contributed by atoms with Crippen molar-refractivity contribution in [2.24, 2.45) is 7.05 Å². The molecule has 0 spiro atoms. The molecule has 6 heteroatoms. The molecular formula is C15H22N6. The van der Waals surface area contributed by atoms with Crippen molar-refractivity contribution in [3.05, 3.63) is 24.7 Å². The van der Waals surface area contributed by atoms with Gasteiger partial charge < -0.3 is 10.2 Å². The van der Waals surface area contributed by atoms with Gasteiger partial charge in [-0.25, -0.2) is 9.97 Å². The molecule has 3 rings (SSSR count). The fraction of sp³-hybridized carbons (Fsp3) is 0.533. The lowest BCUT2D eigenvalue weighted by atomic mass is 10.1. The van der Waals surface area contributed by atoms with E-state index in [4.69, 9.17) is 0 Å². The lowest BCUT2D eigenvalue weighted by molar-refractivity contribution is 0.301. The third kappa shape index (κ3) is 3.39. The second-order valence-corrected chi connectivity index (χ2v) is 5.66. The van der Waals surface area contributed by atoms with E-state index in [-0.39, 0.29) is 0 Å². The van der Waals surface area contributed by atoms with Crippen molar-refractivity contribution in [1.82, 2.24) is 24.6 Å². The topological polar surface area (TPSA) is 58.9 Å². The Balaban J connectivity index is 1.58. The first kappa shape index (κ1) is 14.0. The van der Waals surface area contributed by atoms with Gasteiger partial charge in [-0.05, 0) is 38.9 Å². The Bertz CT molecular complexity index is 593. The third-order valence-electron chi connectivity index (χ3n) is 4.09. The van der Waals surface area contributed by atoms with Crippen LogP contribution in [0.3, 0.4) is 0 Å². The van der Waals surface area contributed by atoms with E-state index in [2.05, 4.69) is 32.3 Å². The van der Waals surface area contributed by atoms with Crippen molar-refractivity contribution in [2.45, 2.75) is 25.3 Å². The van der Waals surface area contributed by atoms with Crippen molar-refractivity contribution < 1.29 is 0 Å². The number of likely N-dealkylation sites (tertiary alicyclic amines) is 1. The van der Waals surface area contributed by atoms with Gasteiger partial charge in [0.15, 0.2) is 0 Å². The Morgan fingerprint density at radius 1 is 1.38 bits per heavy atom. The summed E-state index contributed by atoms with van der Waals surface area (Å²) in [5.41, 5.74) is 1.91. The van der Waals surface area contributed by atoms with E-state index in [0.29, 0.717) is 12.0 Å². The van der Waals surface area contributed by atoms with E-state index in [0.717, 1.165) is 24.2 Å². The van der Waals surface area contributed by atoms with E-state index >= 15 is 0 Å². The average molecular weight is 286 g/mol. The van der Waals surface area contributed by atoms with Crippen LogP contribution >= 0.6 is 0 Å². The number of anilines is 1. The van der Waals surface area contributed by atoms with Crippen LogP contribution in [0.4, 0.5) is 5.95 Å². The van der Waals surface area contributed by atoms with Crippen LogP contribution < -0.4 is 5.32 Å². The molecule has 1 unspecified atom stereocenters. The summed E-state index contributed by atoms with van der Waals surface area (Å²) in [6, 6.07) is 2.60. The van der Waals surface area contributed by atoms with E-state index in [1.807, 2.05) is 25.5 Å². The predicted molar refractivity (Wildman–Crippen MR) is 83.0 cm³/mol. The van der Waals surface area contributed by atoms with Gasteiger partial charge in [0.1, 0.15) is 0 Å². The van der Waals surface area contributed by atoms with Crippen LogP contribution in [0.1, 0.15) is 19.3 Å². The molecular weight excluding hydrogens is 264 g/mol. The van der Waals surface area contributed by atoms with Crippen molar-refractivity contribution in [3.8, 4) is 11.3 Å². The Morgan fingerprint density at radius 3 is 3.00 bits per heavy atom. The van der Waals surface area contributed by atoms with Crippen molar-refractivity contribution in [1.29, 1.82) is 0 Å². The van der Waals surface area contributed by atoms with Crippen LogP contribution in [0.2, 0.25) is 0 Å². The summed E-state index contributed by atoms with van der Waals surface area (Å²) < 4.78 is 1.78. The molecule has 2 aromatic rings. The number of hydrogen-bond acceptors (Lipinski definition) is 5. The molecule has 112 valence electrons. The molecule has 1 atom stereocenters. The minimum Gasteiger partial charge on any atom is -0.354 e. The van der Waals surface area contributed by atoms with Gasteiger partial charge in [0, 0.05) is 37.6 Å². The average Bonchev–Trinajstić information content (AvgIpc) is 3.09. The van der Waals surface area contributed by atoms with Gasteiger partial charge in [-0.3, -0.25) is 4.68 Å². The monoisotopic (exact) mass is 286 g/mol. The lowest BCUT2D eigenvalue weighted by Gasteiger charge is -2.19. The number of nitrogens with one attached hydrogen (secondary N) is 1. The lowest BCUT2D eigenvalue weighted by Crippen LogP contribution is -2.27. The van der Waals surface area contributed by atoms with Gasteiger partial charge in [-0.15, -0.1) is 0 Å². The predicted octanol–water partition coefficient (Wildman–Crippen LogP) is 1.77. The molecule has 0 saturated carbocycles. The Hall–Kier alpha value is -1.95. The molecule has 0 aliphatic carbocycles. The van der Waals surface area contributed by atoms with Crippen LogP contribution in [0.25, 0.3) is 11.3 Å². The van der Waals surface area contributed by atoms with Crippen LogP contribution in [0, 0.1) is 0 Å². The van der Waals surface area contributed by atoms with Crippen LogP contribution in [-0.2, 0) is 7.05 Å². The number of aryl methyl sites for hydroxylation is 1. The van der Waals surface area contributed by atoms with E-state index in [1.165, 1.54) is 19.4 Å². The maximum atomic E-state index is 4.55. The molecule has 2 aromatic heterocycles. The zero-order valence-electron chi connectivity index (χ0n) is 12.7. The van der Waals surface area contributed by atoms with Gasteiger partial charge >= 0.3 is 0 Å². The molecule has 1 aliphatic heterocycles. The summed E-state index contributed by atoms with van der Waals surface area (Å²) >= 11 is 0. The summed E-state index contributed by atoms with van der Waals surface area (Å²) in [5.74, 6) is 0.692. The van der Waals surface area contributed by atoms with Crippen LogP contribution in [0.5, 0.6) is 0 Å². The van der Waals surface area contributed by atoms with Gasteiger partial charge in [-0.1, -0.05) is 0 Å². The quantitative estimate of drug-likeness (QED) is 0.908. The minimum absolute atomic E-state index is 0.692. The fourth-order valence-electron chi connectivity index (χ4n) is 2.85. The van der Waals surface area contributed by atoms with Gasteiger partial charge in [0.05, 0.1) is 11.9 Å². The van der Waals surface area contributed by atoms with Crippen molar-refractivity contribution >= 4 is 5.95 Å². The number of aromatic nitrogens is 4. The molecule has 0 amide bonds. The smallest absolute Gasteiger partial charge is 0.223 e. The first-order chi connectivity index (χ1) is 10.2. The molecule has 0 radical (unpaired) electrons. The van der Waals surface area contributed by atoms with Crippen molar-refractivity contribution in [3.63, 3.8) is 0 Å². The zero-order chi connectivity index (χ0) is 14.7. The number of nitrogens with zero attached hydrogens (tertiary/aromatic N) is 5. The summed E-state index contributed by atoms with van der Waals surface area (Å²) in [6.45, 7) is 2.13. The maximum Gasteiger partial charge on any atom is 0.223 e. The standard InChI is InChI=1S/C15H22N6/c1-20-9-3-4-13(20)5-7-16-15-17-8-6-14(19-15)12-10-18-21(2)11-12/h6,8,10-11,13H,3-5,7,9H2,1-2H3,(H,16,17,19). The first-order valence-electron chi connectivity index (χ1n) is 7.48. The van der Waals surface area contributed by atoms with Gasteiger partial charge in [0.25, 0.3) is 0 Å². The zero-order valence-corrected chi connectivity index (χ0v) is 12.7. The van der Waals surface area contributed by atoms with E-state index < -0.39 is 0 Å². The third-order valence-corrected chi connectivity index (χ3v) is 4.09. The first-order valence-corrected chi connectivity index (χ1v) is 7.48. The van der Waals surface area contributed by atoms with E-state index in [1.54, 1.807) is 10.9 Å². The Kier molecular flexibility index (Phi) is 4.15. The highest BCUT2D eigenvalue weighted by molar-refractivity contribution is 5.57. The highest BCUT2D eigenvalue weighted by Crippen LogP contribution is 2.18. The molecule has 6 nitrogen and oxygen atoms in total. The Labute approximate surface area is 125 Å². The molecule has 1 aliphatic rings. The molecule has 1 saturated heterocycles. The fourth-order valence-corrected chi connectivity index (χ4v) is 2.85. The summed E-state index contributed by atoms with van der Waals surface area (Å²) in [6.07, 6.45) is 9.32. The van der Waals surface area contributed by atoms with Gasteiger partial charge in [-0.2, -0.15) is 5.10 Å². The molecule has 1 fully saturated rings. The second kappa shape index (κ2) is 6.22. The Morgan fingerprint density at radius 2 is 2.29 bits per heavy atom. The number of hydrogen-bond donors (Lipinski definition) is 1. The highest BCUT2D eigenvalue weighted by Gasteiger charge is 2.19. The van der Waals surface area contributed by atoms with E-state index in [9.17, 15) is 0 Å². The van der Waals surface area contributed by atoms with Gasteiger partial charge in [0.2, 0.25) is 5.95 Å². The normalized spacial score (nSPS) is 19.0. The summed E-state index contributed by atoms with van der Waals surface area (Å²) in [4.78, 5) is 11.3. The van der Waals surface area contributed by atoms with Crippen LogP contribution in [-0.4, -0.2) is 50.8 Å². The molecule has 21 heavy (non-hydrogen) atoms. The number of rotatable bonds is 5. The molecule has 3 heterocycles. The SMILES string of the molecule is CN1CCCC1CCNc1nccc(-c2cnn(C)c2)n1.